The summed E-state index contributed by atoms with van der Waals surface area (Å²) in [7, 11) is 0. The van der Waals surface area contributed by atoms with E-state index < -0.39 is 0 Å². The van der Waals surface area contributed by atoms with E-state index in [0.717, 1.165) is 66.3 Å². The van der Waals surface area contributed by atoms with E-state index in [-0.39, 0.29) is 5.91 Å². The van der Waals surface area contributed by atoms with Crippen LogP contribution in [-0.2, 0) is 6.54 Å². The molecule has 31 heavy (non-hydrogen) atoms. The van der Waals surface area contributed by atoms with Crippen LogP contribution in [0.15, 0.2) is 59.1 Å². The molecule has 1 aromatic heterocycles. The van der Waals surface area contributed by atoms with E-state index in [0.29, 0.717) is 12.5 Å². The fraction of sp³-hybridized carbons (Fsp3) is 0.385. The predicted octanol–water partition coefficient (Wildman–Crippen LogP) is 5.30. The van der Waals surface area contributed by atoms with Crippen molar-refractivity contribution in [2.24, 2.45) is 5.92 Å². The largest absolute Gasteiger partial charge is 0.340 e. The van der Waals surface area contributed by atoms with Gasteiger partial charge in [-0.2, -0.15) is 0 Å². The van der Waals surface area contributed by atoms with Crippen LogP contribution in [0.25, 0.3) is 11.3 Å². The van der Waals surface area contributed by atoms with Crippen molar-refractivity contribution in [1.82, 2.24) is 10.1 Å². The number of anilines is 1. The van der Waals surface area contributed by atoms with Crippen LogP contribution in [0.1, 0.15) is 47.2 Å². The standard InChI is InChI=1S/C26H29N3O2/c1-19-9-13-22(14-10-19)25(30)29(17-20-11-12-20)18-23-24(21-7-3-2-4-8-21)27-31-26(23)28-15-5-6-16-28/h2-4,7-10,13-14,20H,5-6,11-12,15-18H2,1H3. The van der Waals surface area contributed by atoms with Crippen molar-refractivity contribution >= 4 is 11.8 Å². The van der Waals surface area contributed by atoms with Crippen LogP contribution in [0.4, 0.5) is 5.88 Å². The molecule has 1 aliphatic heterocycles. The van der Waals surface area contributed by atoms with Gasteiger partial charge in [0.2, 0.25) is 5.88 Å². The molecule has 0 bridgehead atoms. The summed E-state index contributed by atoms with van der Waals surface area (Å²) in [6.07, 6.45) is 4.72. The minimum atomic E-state index is 0.0829. The molecule has 5 rings (SSSR count). The van der Waals surface area contributed by atoms with Gasteiger partial charge in [0.15, 0.2) is 0 Å². The summed E-state index contributed by atoms with van der Waals surface area (Å²) in [5.41, 5.74) is 4.80. The van der Waals surface area contributed by atoms with Crippen molar-refractivity contribution in [3.63, 3.8) is 0 Å². The van der Waals surface area contributed by atoms with Crippen LogP contribution in [0, 0.1) is 12.8 Å². The third-order valence-corrected chi connectivity index (χ3v) is 6.32. The average Bonchev–Trinajstić information content (AvgIpc) is 3.27. The molecule has 1 aliphatic carbocycles. The molecule has 2 aliphatic rings. The van der Waals surface area contributed by atoms with Gasteiger partial charge in [-0.25, -0.2) is 0 Å². The van der Waals surface area contributed by atoms with Crippen molar-refractivity contribution in [3.05, 3.63) is 71.3 Å². The topological polar surface area (TPSA) is 49.6 Å². The lowest BCUT2D eigenvalue weighted by Gasteiger charge is -2.24. The van der Waals surface area contributed by atoms with E-state index in [1.165, 1.54) is 12.8 Å². The first-order valence-corrected chi connectivity index (χ1v) is 11.3. The number of carbonyl (C=O) groups excluding carboxylic acids is 1. The highest BCUT2D eigenvalue weighted by atomic mass is 16.5. The van der Waals surface area contributed by atoms with Crippen LogP contribution >= 0.6 is 0 Å². The second-order valence-electron chi connectivity index (χ2n) is 8.87. The van der Waals surface area contributed by atoms with Crippen LogP contribution in [-0.4, -0.2) is 35.6 Å². The molecule has 1 amide bonds. The highest BCUT2D eigenvalue weighted by molar-refractivity contribution is 5.94. The Labute approximate surface area is 183 Å². The Kier molecular flexibility index (Phi) is 5.49. The second kappa shape index (κ2) is 8.58. The molecule has 5 nitrogen and oxygen atoms in total. The minimum Gasteiger partial charge on any atom is -0.340 e. The molecule has 0 atom stereocenters. The highest BCUT2D eigenvalue weighted by Crippen LogP contribution is 2.36. The number of benzene rings is 2. The number of amides is 1. The number of nitrogens with zero attached hydrogens (tertiary/aromatic N) is 3. The van der Waals surface area contributed by atoms with Crippen molar-refractivity contribution in [1.29, 1.82) is 0 Å². The van der Waals surface area contributed by atoms with Gasteiger partial charge >= 0.3 is 0 Å². The summed E-state index contributed by atoms with van der Waals surface area (Å²) < 4.78 is 5.89. The van der Waals surface area contributed by atoms with Crippen LogP contribution in [0.3, 0.4) is 0 Å². The van der Waals surface area contributed by atoms with E-state index in [9.17, 15) is 4.79 Å². The Balaban J connectivity index is 1.50. The summed E-state index contributed by atoms with van der Waals surface area (Å²) in [6.45, 7) is 5.30. The third kappa shape index (κ3) is 4.36. The molecule has 1 saturated carbocycles. The fourth-order valence-electron chi connectivity index (χ4n) is 4.34. The van der Waals surface area contributed by atoms with Gasteiger partial charge in [-0.3, -0.25) is 4.79 Å². The summed E-state index contributed by atoms with van der Waals surface area (Å²) >= 11 is 0. The molecule has 0 radical (unpaired) electrons. The van der Waals surface area contributed by atoms with Crippen molar-refractivity contribution < 1.29 is 9.32 Å². The maximum atomic E-state index is 13.5. The van der Waals surface area contributed by atoms with Gasteiger partial charge in [0.1, 0.15) is 5.69 Å². The number of hydrogen-bond acceptors (Lipinski definition) is 4. The molecule has 0 unspecified atom stereocenters. The lowest BCUT2D eigenvalue weighted by Crippen LogP contribution is -2.33. The number of hydrogen-bond donors (Lipinski definition) is 0. The van der Waals surface area contributed by atoms with Crippen LogP contribution in [0.5, 0.6) is 0 Å². The zero-order valence-electron chi connectivity index (χ0n) is 18.1. The minimum absolute atomic E-state index is 0.0829. The van der Waals surface area contributed by atoms with Crippen molar-refractivity contribution in [2.75, 3.05) is 24.5 Å². The third-order valence-electron chi connectivity index (χ3n) is 6.32. The summed E-state index contributed by atoms with van der Waals surface area (Å²) in [5, 5.41) is 4.47. The van der Waals surface area contributed by atoms with E-state index >= 15 is 0 Å². The highest BCUT2D eigenvalue weighted by Gasteiger charge is 2.31. The molecule has 0 spiro atoms. The van der Waals surface area contributed by atoms with Gasteiger partial charge in [-0.15, -0.1) is 0 Å². The summed E-state index contributed by atoms with van der Waals surface area (Å²) in [6, 6.07) is 18.0. The van der Waals surface area contributed by atoms with E-state index in [1.807, 2.05) is 54.3 Å². The summed E-state index contributed by atoms with van der Waals surface area (Å²) in [4.78, 5) is 17.8. The molecule has 5 heteroatoms. The second-order valence-corrected chi connectivity index (χ2v) is 8.87. The molecule has 160 valence electrons. The Hall–Kier alpha value is -3.08. The molecule has 1 saturated heterocycles. The quantitative estimate of drug-likeness (QED) is 0.525. The number of aryl methyl sites for hydroxylation is 1. The van der Waals surface area contributed by atoms with Crippen LogP contribution in [0.2, 0.25) is 0 Å². The first-order valence-electron chi connectivity index (χ1n) is 11.3. The molecular weight excluding hydrogens is 386 g/mol. The van der Waals surface area contributed by atoms with E-state index in [4.69, 9.17) is 4.52 Å². The number of aromatic nitrogens is 1. The number of rotatable bonds is 7. The monoisotopic (exact) mass is 415 g/mol. The first kappa shape index (κ1) is 19.9. The van der Waals surface area contributed by atoms with Gasteiger partial charge < -0.3 is 14.3 Å². The molecule has 2 heterocycles. The molecule has 3 aromatic rings. The predicted molar refractivity (Wildman–Crippen MR) is 122 cm³/mol. The van der Waals surface area contributed by atoms with Crippen LogP contribution < -0.4 is 4.90 Å². The van der Waals surface area contributed by atoms with Gasteiger partial charge in [0.05, 0.1) is 12.1 Å². The SMILES string of the molecule is Cc1ccc(C(=O)N(Cc2c(-c3ccccc3)noc2N2CCCC2)CC2CC2)cc1. The Morgan fingerprint density at radius 3 is 2.45 bits per heavy atom. The zero-order valence-corrected chi connectivity index (χ0v) is 18.1. The zero-order chi connectivity index (χ0) is 21.2. The maximum Gasteiger partial charge on any atom is 0.254 e. The normalized spacial score (nSPS) is 16.0. The Morgan fingerprint density at radius 1 is 1.06 bits per heavy atom. The maximum absolute atomic E-state index is 13.5. The van der Waals surface area contributed by atoms with Crippen molar-refractivity contribution in [3.8, 4) is 11.3 Å². The van der Waals surface area contributed by atoms with E-state index in [2.05, 4.69) is 22.2 Å². The lowest BCUT2D eigenvalue weighted by molar-refractivity contribution is 0.0735. The molecule has 0 N–H and O–H groups in total. The van der Waals surface area contributed by atoms with Crippen molar-refractivity contribution in [2.45, 2.75) is 39.2 Å². The van der Waals surface area contributed by atoms with Gasteiger partial charge in [0, 0.05) is 30.8 Å². The Morgan fingerprint density at radius 2 is 1.77 bits per heavy atom. The number of carbonyl (C=O) groups is 1. The van der Waals surface area contributed by atoms with E-state index in [1.54, 1.807) is 0 Å². The first-order chi connectivity index (χ1) is 15.2. The Bertz CT molecular complexity index is 1030. The van der Waals surface area contributed by atoms with Gasteiger partial charge in [0.25, 0.3) is 5.91 Å². The smallest absolute Gasteiger partial charge is 0.254 e. The molecule has 2 aromatic carbocycles. The van der Waals surface area contributed by atoms with Gasteiger partial charge in [-0.05, 0) is 50.7 Å². The fourth-order valence-corrected chi connectivity index (χ4v) is 4.34. The summed E-state index contributed by atoms with van der Waals surface area (Å²) in [5.74, 6) is 1.51. The molecular formula is C26H29N3O2. The molecule has 2 fully saturated rings. The van der Waals surface area contributed by atoms with Gasteiger partial charge in [-0.1, -0.05) is 53.2 Å². The average molecular weight is 416 g/mol. The lowest BCUT2D eigenvalue weighted by atomic mass is 10.1.